The average molecular weight is 349 g/mol. The van der Waals surface area contributed by atoms with Crippen LogP contribution in [0.1, 0.15) is 29.5 Å². The average Bonchev–Trinajstić information content (AvgIpc) is 3.08. The van der Waals surface area contributed by atoms with E-state index in [9.17, 15) is 0 Å². The van der Waals surface area contributed by atoms with Gasteiger partial charge < -0.3 is 9.73 Å². The van der Waals surface area contributed by atoms with Gasteiger partial charge in [0.15, 0.2) is 11.5 Å². The second kappa shape index (κ2) is 4.90. The van der Waals surface area contributed by atoms with Gasteiger partial charge in [-0.05, 0) is 53.0 Å². The van der Waals surface area contributed by atoms with Crippen molar-refractivity contribution in [1.29, 1.82) is 0 Å². The highest BCUT2D eigenvalue weighted by atomic mass is 79.9. The minimum Gasteiger partial charge on any atom is -0.440 e. The topological polar surface area (TPSA) is 38.1 Å². The summed E-state index contributed by atoms with van der Waals surface area (Å²) in [7, 11) is 0. The van der Waals surface area contributed by atoms with Gasteiger partial charge in [0.05, 0.1) is 0 Å². The highest BCUT2D eigenvalue weighted by molar-refractivity contribution is 9.10. The van der Waals surface area contributed by atoms with Gasteiger partial charge in [-0.2, -0.15) is 0 Å². The monoisotopic (exact) mass is 348 g/mol. The Labute approximate surface area is 129 Å². The maximum absolute atomic E-state index is 5.77. The lowest BCUT2D eigenvalue weighted by Crippen LogP contribution is -1.96. The Balaban J connectivity index is 1.54. The molecule has 1 aromatic carbocycles. The van der Waals surface area contributed by atoms with Gasteiger partial charge in [0.25, 0.3) is 0 Å². The van der Waals surface area contributed by atoms with Gasteiger partial charge in [0.2, 0.25) is 0 Å². The van der Waals surface area contributed by atoms with E-state index in [2.05, 4.69) is 43.7 Å². The fourth-order valence-corrected chi connectivity index (χ4v) is 3.59. The van der Waals surface area contributed by atoms with Crippen LogP contribution in [0, 0.1) is 0 Å². The summed E-state index contributed by atoms with van der Waals surface area (Å²) >= 11 is 5.22. The lowest BCUT2D eigenvalue weighted by atomic mass is 10.3. The van der Waals surface area contributed by atoms with Crippen LogP contribution in [0.5, 0.6) is 0 Å². The fraction of sp³-hybridized carbons (Fsp3) is 0.267. The first-order chi connectivity index (χ1) is 9.78. The van der Waals surface area contributed by atoms with Crippen molar-refractivity contribution >= 4 is 44.1 Å². The molecule has 2 aromatic heterocycles. The summed E-state index contributed by atoms with van der Waals surface area (Å²) < 4.78 is 6.91. The first-order valence-electron chi connectivity index (χ1n) is 6.65. The molecule has 0 saturated heterocycles. The van der Waals surface area contributed by atoms with Crippen molar-refractivity contribution in [1.82, 2.24) is 4.98 Å². The number of oxazole rings is 1. The van der Waals surface area contributed by atoms with Crippen LogP contribution in [0.25, 0.3) is 11.1 Å². The third-order valence-corrected chi connectivity index (χ3v) is 5.12. The Morgan fingerprint density at radius 2 is 2.25 bits per heavy atom. The Morgan fingerprint density at radius 3 is 3.00 bits per heavy atom. The van der Waals surface area contributed by atoms with Crippen molar-refractivity contribution in [3.05, 3.63) is 44.9 Å². The third-order valence-electron chi connectivity index (χ3n) is 3.42. The van der Waals surface area contributed by atoms with Gasteiger partial charge in [-0.3, -0.25) is 0 Å². The smallest absolute Gasteiger partial charge is 0.198 e. The minimum absolute atomic E-state index is 0.558. The molecular formula is C15H13BrN2OS. The van der Waals surface area contributed by atoms with E-state index < -0.39 is 0 Å². The van der Waals surface area contributed by atoms with Crippen molar-refractivity contribution in [3.8, 4) is 0 Å². The summed E-state index contributed by atoms with van der Waals surface area (Å²) in [4.78, 5) is 5.88. The zero-order valence-electron chi connectivity index (χ0n) is 10.7. The predicted molar refractivity (Wildman–Crippen MR) is 85.3 cm³/mol. The van der Waals surface area contributed by atoms with Crippen molar-refractivity contribution in [2.24, 2.45) is 0 Å². The fourth-order valence-electron chi connectivity index (χ4n) is 2.20. The quantitative estimate of drug-likeness (QED) is 0.709. The molecule has 0 radical (unpaired) electrons. The van der Waals surface area contributed by atoms with Crippen molar-refractivity contribution in [2.75, 3.05) is 5.32 Å². The molecule has 1 fully saturated rings. The van der Waals surface area contributed by atoms with E-state index in [0.29, 0.717) is 5.92 Å². The van der Waals surface area contributed by atoms with E-state index in [1.54, 1.807) is 11.3 Å². The Kier molecular flexibility index (Phi) is 3.04. The van der Waals surface area contributed by atoms with Gasteiger partial charge in [0, 0.05) is 32.9 Å². The van der Waals surface area contributed by atoms with Gasteiger partial charge in [-0.25, -0.2) is 4.98 Å². The van der Waals surface area contributed by atoms with Crippen LogP contribution >= 0.6 is 27.3 Å². The first kappa shape index (κ1) is 12.4. The molecule has 1 N–H and O–H groups in total. The van der Waals surface area contributed by atoms with Gasteiger partial charge in [0.1, 0.15) is 5.52 Å². The number of aromatic nitrogens is 1. The molecule has 2 heterocycles. The van der Waals surface area contributed by atoms with E-state index in [4.69, 9.17) is 4.42 Å². The van der Waals surface area contributed by atoms with Gasteiger partial charge >= 0.3 is 0 Å². The third kappa shape index (κ3) is 2.47. The summed E-state index contributed by atoms with van der Waals surface area (Å²) in [6, 6.07) is 8.25. The lowest BCUT2D eigenvalue weighted by molar-refractivity contribution is 0.533. The number of hydrogen-bond acceptors (Lipinski definition) is 4. The Morgan fingerprint density at radius 1 is 1.35 bits per heavy atom. The first-order valence-corrected chi connectivity index (χ1v) is 8.32. The summed E-state index contributed by atoms with van der Waals surface area (Å²) in [6.45, 7) is 0.828. The summed E-state index contributed by atoms with van der Waals surface area (Å²) in [5, 5.41) is 5.53. The second-order valence-corrected chi connectivity index (χ2v) is 7.01. The van der Waals surface area contributed by atoms with Crippen LogP contribution in [0.3, 0.4) is 0 Å². The van der Waals surface area contributed by atoms with Crippen molar-refractivity contribution in [3.63, 3.8) is 0 Å². The number of thiophene rings is 1. The number of benzene rings is 1. The summed E-state index contributed by atoms with van der Waals surface area (Å²) in [5.74, 6) is 1.46. The molecule has 0 bridgehead atoms. The van der Waals surface area contributed by atoms with Crippen LogP contribution in [-0.4, -0.2) is 4.98 Å². The van der Waals surface area contributed by atoms with Crippen LogP contribution in [0.15, 0.2) is 38.5 Å². The predicted octanol–water partition coefficient (Wildman–Crippen LogP) is 5.14. The van der Waals surface area contributed by atoms with E-state index in [1.165, 1.54) is 17.7 Å². The van der Waals surface area contributed by atoms with Crippen LogP contribution < -0.4 is 5.32 Å². The van der Waals surface area contributed by atoms with E-state index in [1.807, 2.05) is 12.1 Å². The van der Waals surface area contributed by atoms with Crippen molar-refractivity contribution < 1.29 is 4.42 Å². The molecule has 20 heavy (non-hydrogen) atoms. The summed E-state index contributed by atoms with van der Waals surface area (Å²) in [5.41, 5.74) is 2.92. The molecular weight excluding hydrogens is 336 g/mol. The minimum atomic E-state index is 0.558. The molecule has 0 atom stereocenters. The molecule has 5 heteroatoms. The van der Waals surface area contributed by atoms with Crippen LogP contribution in [0.2, 0.25) is 0 Å². The Bertz CT molecular complexity index is 760. The number of nitrogens with one attached hydrogen (secondary N) is 1. The number of halogens is 1. The van der Waals surface area contributed by atoms with Crippen LogP contribution in [-0.2, 0) is 6.54 Å². The lowest BCUT2D eigenvalue weighted by Gasteiger charge is -2.03. The number of hydrogen-bond donors (Lipinski definition) is 1. The summed E-state index contributed by atoms with van der Waals surface area (Å²) in [6.07, 6.45) is 2.43. The van der Waals surface area contributed by atoms with Crippen LogP contribution in [0.4, 0.5) is 5.69 Å². The normalized spacial score (nSPS) is 14.8. The molecule has 1 saturated carbocycles. The molecule has 3 aromatic rings. The zero-order chi connectivity index (χ0) is 13.5. The highest BCUT2D eigenvalue weighted by Gasteiger charge is 2.28. The second-order valence-electron chi connectivity index (χ2n) is 5.09. The van der Waals surface area contributed by atoms with Gasteiger partial charge in [-0.15, -0.1) is 11.3 Å². The molecule has 0 aliphatic heterocycles. The number of fused-ring (bicyclic) bond motifs is 1. The maximum atomic E-state index is 5.77. The molecule has 4 rings (SSSR count). The zero-order valence-corrected chi connectivity index (χ0v) is 13.1. The molecule has 102 valence electrons. The van der Waals surface area contributed by atoms with E-state index in [0.717, 1.165) is 33.7 Å². The van der Waals surface area contributed by atoms with Crippen molar-refractivity contribution in [2.45, 2.75) is 25.3 Å². The molecule has 0 unspecified atom stereocenters. The number of rotatable bonds is 4. The molecule has 1 aliphatic carbocycles. The Hall–Kier alpha value is -1.33. The maximum Gasteiger partial charge on any atom is 0.198 e. The largest absolute Gasteiger partial charge is 0.440 e. The number of anilines is 1. The van der Waals surface area contributed by atoms with Gasteiger partial charge in [-0.1, -0.05) is 0 Å². The molecule has 1 aliphatic rings. The standard InChI is InChI=1S/C15H13BrN2OS/c16-10-5-12(20-8-10)7-17-11-3-4-14-13(6-11)18-15(19-14)9-1-2-9/h3-6,8-9,17H,1-2,7H2. The molecule has 0 spiro atoms. The highest BCUT2D eigenvalue weighted by Crippen LogP contribution is 2.40. The molecule has 3 nitrogen and oxygen atoms in total. The molecule has 0 amide bonds. The SMILES string of the molecule is Brc1csc(CNc2ccc3oc(C4CC4)nc3c2)c1. The van der Waals surface area contributed by atoms with E-state index >= 15 is 0 Å². The number of nitrogens with zero attached hydrogens (tertiary/aromatic N) is 1. The van der Waals surface area contributed by atoms with E-state index in [-0.39, 0.29) is 0 Å².